The summed E-state index contributed by atoms with van der Waals surface area (Å²) in [7, 11) is 0. The predicted molar refractivity (Wildman–Crippen MR) is 101 cm³/mol. The quantitative estimate of drug-likeness (QED) is 0.435. The van der Waals surface area contributed by atoms with E-state index in [0.29, 0.717) is 29.9 Å². The Morgan fingerprint density at radius 1 is 0.962 bits per heavy atom. The van der Waals surface area contributed by atoms with E-state index >= 15 is 0 Å². The highest BCUT2D eigenvalue weighted by Crippen LogP contribution is 2.27. The summed E-state index contributed by atoms with van der Waals surface area (Å²) in [5.74, 6) is 1.87. The van der Waals surface area contributed by atoms with Gasteiger partial charge in [0.15, 0.2) is 0 Å². The van der Waals surface area contributed by atoms with E-state index in [1.54, 1.807) is 23.7 Å². The number of nitrogens with zero attached hydrogens (tertiary/aromatic N) is 3. The van der Waals surface area contributed by atoms with E-state index in [9.17, 15) is 0 Å². The second-order valence-electron chi connectivity index (χ2n) is 5.78. The van der Waals surface area contributed by atoms with Gasteiger partial charge in [0, 0.05) is 11.4 Å². The number of halogens is 1. The third kappa shape index (κ3) is 4.04. The fourth-order valence-electron chi connectivity index (χ4n) is 2.67. The summed E-state index contributed by atoms with van der Waals surface area (Å²) in [4.78, 5) is 3.47. The molecule has 5 nitrogen and oxygen atoms in total. The van der Waals surface area contributed by atoms with E-state index in [1.807, 2.05) is 36.4 Å². The maximum Gasteiger partial charge on any atom is 0.249 e. The van der Waals surface area contributed by atoms with Crippen LogP contribution in [0.15, 0.2) is 69.0 Å². The highest BCUT2D eigenvalue weighted by Gasteiger charge is 2.16. The smallest absolute Gasteiger partial charge is 0.249 e. The summed E-state index contributed by atoms with van der Waals surface area (Å²) in [6.45, 7) is 1.97. The van der Waals surface area contributed by atoms with Gasteiger partial charge in [0.05, 0.1) is 29.9 Å². The van der Waals surface area contributed by atoms with E-state index in [2.05, 4.69) is 26.5 Å². The molecule has 3 aromatic heterocycles. The Bertz CT molecular complexity index is 915. The van der Waals surface area contributed by atoms with E-state index in [4.69, 9.17) is 20.4 Å². The summed E-state index contributed by atoms with van der Waals surface area (Å²) < 4.78 is 11.3. The lowest BCUT2D eigenvalue weighted by Gasteiger charge is -2.18. The first-order chi connectivity index (χ1) is 12.8. The molecule has 0 radical (unpaired) electrons. The number of rotatable bonds is 7. The zero-order valence-corrected chi connectivity index (χ0v) is 15.4. The molecule has 0 N–H and O–H groups in total. The second kappa shape index (κ2) is 7.86. The van der Waals surface area contributed by atoms with Gasteiger partial charge in [0.2, 0.25) is 11.8 Å². The predicted octanol–water partition coefficient (Wildman–Crippen LogP) is 5.25. The van der Waals surface area contributed by atoms with Crippen molar-refractivity contribution in [2.75, 3.05) is 0 Å². The van der Waals surface area contributed by atoms with Gasteiger partial charge in [-0.1, -0.05) is 29.8 Å². The lowest BCUT2D eigenvalue weighted by molar-refractivity contribution is 0.208. The van der Waals surface area contributed by atoms with Gasteiger partial charge in [-0.15, -0.1) is 21.5 Å². The van der Waals surface area contributed by atoms with Gasteiger partial charge in [-0.2, -0.15) is 0 Å². The molecule has 7 heteroatoms. The Balaban J connectivity index is 1.52. The van der Waals surface area contributed by atoms with Crippen molar-refractivity contribution in [3.8, 4) is 11.5 Å². The molecule has 4 rings (SSSR count). The number of aromatic nitrogens is 2. The van der Waals surface area contributed by atoms with E-state index in [0.717, 1.165) is 17.9 Å². The molecule has 0 saturated carbocycles. The first-order valence-corrected chi connectivity index (χ1v) is 9.38. The zero-order chi connectivity index (χ0) is 17.8. The highest BCUT2D eigenvalue weighted by molar-refractivity contribution is 7.09. The van der Waals surface area contributed by atoms with Crippen LogP contribution in [0.3, 0.4) is 0 Å². The Hall–Kier alpha value is -2.41. The van der Waals surface area contributed by atoms with Crippen LogP contribution in [-0.4, -0.2) is 15.1 Å². The third-order valence-electron chi connectivity index (χ3n) is 3.85. The van der Waals surface area contributed by atoms with Crippen LogP contribution in [0, 0.1) is 0 Å². The van der Waals surface area contributed by atoms with Gasteiger partial charge in [-0.25, -0.2) is 0 Å². The molecule has 0 amide bonds. The average Bonchev–Trinajstić information content (AvgIpc) is 3.38. The van der Waals surface area contributed by atoms with Crippen molar-refractivity contribution in [1.82, 2.24) is 15.1 Å². The fraction of sp³-hybridized carbons (Fsp3) is 0.158. The third-order valence-corrected chi connectivity index (χ3v) is 5.04. The Kier molecular flexibility index (Phi) is 5.15. The Labute approximate surface area is 159 Å². The molecule has 0 aliphatic rings. The van der Waals surface area contributed by atoms with Crippen LogP contribution in [0.25, 0.3) is 11.5 Å². The number of thiophene rings is 1. The van der Waals surface area contributed by atoms with Crippen LogP contribution in [-0.2, 0) is 19.6 Å². The van der Waals surface area contributed by atoms with Gasteiger partial charge in [-0.05, 0) is 35.7 Å². The standard InChI is InChI=1S/C19H16ClN3O2S/c20-17-8-2-1-7-16(17)19-22-21-18(25-19)13-23(11-14-5-3-9-24-14)12-15-6-4-10-26-15/h1-10H,11-13H2. The molecule has 3 heterocycles. The van der Waals surface area contributed by atoms with Gasteiger partial charge in [0.1, 0.15) is 5.76 Å². The SMILES string of the molecule is Clc1ccccc1-c1nnc(CN(Cc2ccco2)Cc2cccs2)o1. The number of benzene rings is 1. The molecule has 0 aliphatic heterocycles. The van der Waals surface area contributed by atoms with Crippen molar-refractivity contribution in [3.05, 3.63) is 81.7 Å². The maximum absolute atomic E-state index is 6.21. The van der Waals surface area contributed by atoms with E-state index < -0.39 is 0 Å². The van der Waals surface area contributed by atoms with Gasteiger partial charge in [-0.3, -0.25) is 4.90 Å². The summed E-state index contributed by atoms with van der Waals surface area (Å²) in [6, 6.07) is 15.5. The lowest BCUT2D eigenvalue weighted by atomic mass is 10.2. The van der Waals surface area contributed by atoms with Crippen molar-refractivity contribution < 1.29 is 8.83 Å². The lowest BCUT2D eigenvalue weighted by Crippen LogP contribution is -2.21. The molecule has 132 valence electrons. The Morgan fingerprint density at radius 3 is 2.65 bits per heavy atom. The minimum Gasteiger partial charge on any atom is -0.468 e. The minimum absolute atomic E-state index is 0.430. The minimum atomic E-state index is 0.430. The van der Waals surface area contributed by atoms with Crippen molar-refractivity contribution in [2.24, 2.45) is 0 Å². The highest BCUT2D eigenvalue weighted by atomic mass is 35.5. The normalized spacial score (nSPS) is 11.3. The molecule has 0 unspecified atom stereocenters. The van der Waals surface area contributed by atoms with Crippen molar-refractivity contribution >= 4 is 22.9 Å². The summed E-state index contributed by atoms with van der Waals surface area (Å²) in [5, 5.41) is 11.0. The topological polar surface area (TPSA) is 55.3 Å². The second-order valence-corrected chi connectivity index (χ2v) is 7.22. The van der Waals surface area contributed by atoms with Crippen molar-refractivity contribution in [3.63, 3.8) is 0 Å². The average molecular weight is 386 g/mol. The summed E-state index contributed by atoms with van der Waals surface area (Å²) in [6.07, 6.45) is 1.68. The monoisotopic (exact) mass is 385 g/mol. The maximum atomic E-state index is 6.21. The van der Waals surface area contributed by atoms with E-state index in [1.165, 1.54) is 4.88 Å². The van der Waals surface area contributed by atoms with Crippen LogP contribution < -0.4 is 0 Å². The van der Waals surface area contributed by atoms with E-state index in [-0.39, 0.29) is 0 Å². The molecule has 0 bridgehead atoms. The molecule has 0 fully saturated rings. The molecular weight excluding hydrogens is 370 g/mol. The molecule has 26 heavy (non-hydrogen) atoms. The molecular formula is C19H16ClN3O2S. The van der Waals surface area contributed by atoms with Gasteiger partial charge < -0.3 is 8.83 Å². The molecule has 4 aromatic rings. The fourth-order valence-corrected chi connectivity index (χ4v) is 3.63. The van der Waals surface area contributed by atoms with Crippen molar-refractivity contribution in [2.45, 2.75) is 19.6 Å². The number of hydrogen-bond acceptors (Lipinski definition) is 6. The van der Waals surface area contributed by atoms with Crippen LogP contribution >= 0.6 is 22.9 Å². The summed E-state index contributed by atoms with van der Waals surface area (Å²) in [5.41, 5.74) is 0.740. The Morgan fingerprint density at radius 2 is 1.88 bits per heavy atom. The van der Waals surface area contributed by atoms with Gasteiger partial charge >= 0.3 is 0 Å². The number of hydrogen-bond donors (Lipinski definition) is 0. The number of furan rings is 1. The molecule has 0 spiro atoms. The van der Waals surface area contributed by atoms with Crippen LogP contribution in [0.4, 0.5) is 0 Å². The molecule has 0 atom stereocenters. The first-order valence-electron chi connectivity index (χ1n) is 8.12. The first kappa shape index (κ1) is 17.0. The van der Waals surface area contributed by atoms with Crippen molar-refractivity contribution in [1.29, 1.82) is 0 Å². The largest absolute Gasteiger partial charge is 0.468 e. The molecule has 0 aliphatic carbocycles. The van der Waals surface area contributed by atoms with Gasteiger partial charge in [0.25, 0.3) is 0 Å². The van der Waals surface area contributed by atoms with Crippen LogP contribution in [0.1, 0.15) is 16.5 Å². The molecule has 0 saturated heterocycles. The molecule has 1 aromatic carbocycles. The van der Waals surface area contributed by atoms with Crippen LogP contribution in [0.5, 0.6) is 0 Å². The van der Waals surface area contributed by atoms with Crippen LogP contribution in [0.2, 0.25) is 5.02 Å². The summed E-state index contributed by atoms with van der Waals surface area (Å²) >= 11 is 7.94. The zero-order valence-electron chi connectivity index (χ0n) is 13.8.